The van der Waals surface area contributed by atoms with E-state index in [9.17, 15) is 13.2 Å². The Morgan fingerprint density at radius 2 is 1.65 bits per heavy atom. The molecular weight excluding hydrogens is 432 g/mol. The highest BCUT2D eigenvalue weighted by Gasteiger charge is 2.31. The first-order valence-corrected chi connectivity index (χ1v) is 11.9. The Labute approximate surface area is 187 Å². The molecule has 1 amide bonds. The van der Waals surface area contributed by atoms with Crippen molar-refractivity contribution in [3.8, 4) is 0 Å². The first kappa shape index (κ1) is 21.4. The number of carbonyl (C=O) groups excluding carboxylic acids is 1. The van der Waals surface area contributed by atoms with Crippen molar-refractivity contribution in [2.45, 2.75) is 24.8 Å². The van der Waals surface area contributed by atoms with Gasteiger partial charge in [0.15, 0.2) is 0 Å². The molecule has 0 aliphatic carbocycles. The maximum Gasteiger partial charge on any atom is 0.264 e. The van der Waals surface area contributed by atoms with E-state index in [1.54, 1.807) is 48.2 Å². The number of benzene rings is 3. The third kappa shape index (κ3) is 4.31. The number of fused-ring (bicyclic) bond motifs is 1. The van der Waals surface area contributed by atoms with Crippen LogP contribution in [0.1, 0.15) is 16.7 Å². The summed E-state index contributed by atoms with van der Waals surface area (Å²) in [7, 11) is -3.96. The molecule has 0 fully saturated rings. The molecule has 5 nitrogen and oxygen atoms in total. The second-order valence-corrected chi connectivity index (χ2v) is 9.81. The highest BCUT2D eigenvalue weighted by molar-refractivity contribution is 7.92. The molecular formula is C24H23ClN2O3S. The van der Waals surface area contributed by atoms with Crippen LogP contribution in [-0.2, 0) is 27.8 Å². The van der Waals surface area contributed by atoms with Crippen LogP contribution in [-0.4, -0.2) is 32.3 Å². The van der Waals surface area contributed by atoms with Gasteiger partial charge in [-0.1, -0.05) is 60.1 Å². The molecule has 0 N–H and O–H groups in total. The summed E-state index contributed by atoms with van der Waals surface area (Å²) in [6.07, 6.45) is 0.754. The standard InChI is InChI=1S/C24H23ClN2O3S/c1-18-22(25)12-7-13-23(18)27(31(29,30)21-10-3-2-4-11-21)17-24(28)26-15-14-19-8-5-6-9-20(19)16-26/h2-13H,14-17H2,1H3. The maximum atomic E-state index is 13.5. The van der Waals surface area contributed by atoms with Crippen molar-refractivity contribution < 1.29 is 13.2 Å². The summed E-state index contributed by atoms with van der Waals surface area (Å²) in [6, 6.07) is 21.3. The fourth-order valence-corrected chi connectivity index (χ4v) is 5.48. The van der Waals surface area contributed by atoms with Crippen LogP contribution in [0.4, 0.5) is 5.69 Å². The van der Waals surface area contributed by atoms with Gasteiger partial charge in [0.1, 0.15) is 6.54 Å². The zero-order chi connectivity index (χ0) is 22.0. The summed E-state index contributed by atoms with van der Waals surface area (Å²) in [5.74, 6) is -0.242. The highest BCUT2D eigenvalue weighted by Crippen LogP contribution is 2.31. The zero-order valence-electron chi connectivity index (χ0n) is 17.2. The molecule has 3 aromatic carbocycles. The van der Waals surface area contributed by atoms with Gasteiger partial charge in [0.2, 0.25) is 5.91 Å². The van der Waals surface area contributed by atoms with E-state index in [0.29, 0.717) is 29.4 Å². The van der Waals surface area contributed by atoms with Gasteiger partial charge in [-0.2, -0.15) is 0 Å². The normalized spacial score (nSPS) is 13.5. The first-order valence-electron chi connectivity index (χ1n) is 10.1. The lowest BCUT2D eigenvalue weighted by molar-refractivity contribution is -0.130. The van der Waals surface area contributed by atoms with E-state index < -0.39 is 10.0 Å². The number of sulfonamides is 1. The minimum absolute atomic E-state index is 0.131. The fourth-order valence-electron chi connectivity index (χ4n) is 3.82. The van der Waals surface area contributed by atoms with Crippen LogP contribution >= 0.6 is 11.6 Å². The summed E-state index contributed by atoms with van der Waals surface area (Å²) in [5.41, 5.74) is 3.34. The lowest BCUT2D eigenvalue weighted by Gasteiger charge is -2.32. The largest absolute Gasteiger partial charge is 0.336 e. The molecule has 160 valence electrons. The van der Waals surface area contributed by atoms with Gasteiger partial charge < -0.3 is 4.90 Å². The van der Waals surface area contributed by atoms with Gasteiger partial charge in [-0.05, 0) is 54.3 Å². The van der Waals surface area contributed by atoms with E-state index >= 15 is 0 Å². The Hall–Kier alpha value is -2.83. The number of nitrogens with zero attached hydrogens (tertiary/aromatic N) is 2. The van der Waals surface area contributed by atoms with Gasteiger partial charge in [-0.25, -0.2) is 8.42 Å². The van der Waals surface area contributed by atoms with Crippen LogP contribution in [0.3, 0.4) is 0 Å². The van der Waals surface area contributed by atoms with Crippen LogP contribution in [0.15, 0.2) is 77.7 Å². The number of anilines is 1. The van der Waals surface area contributed by atoms with E-state index in [4.69, 9.17) is 11.6 Å². The van der Waals surface area contributed by atoms with Crippen molar-refractivity contribution >= 4 is 33.2 Å². The third-order valence-corrected chi connectivity index (χ3v) is 7.78. The van der Waals surface area contributed by atoms with Crippen molar-refractivity contribution in [2.75, 3.05) is 17.4 Å². The molecule has 7 heteroatoms. The minimum atomic E-state index is -3.96. The van der Waals surface area contributed by atoms with Crippen LogP contribution in [0.2, 0.25) is 5.02 Å². The lowest BCUT2D eigenvalue weighted by atomic mass is 10.00. The number of hydrogen-bond donors (Lipinski definition) is 0. The van der Waals surface area contributed by atoms with E-state index in [1.165, 1.54) is 22.0 Å². The smallest absolute Gasteiger partial charge is 0.264 e. The monoisotopic (exact) mass is 454 g/mol. The first-order chi connectivity index (χ1) is 14.9. The zero-order valence-corrected chi connectivity index (χ0v) is 18.7. The van der Waals surface area contributed by atoms with Crippen LogP contribution in [0.5, 0.6) is 0 Å². The number of halogens is 1. The molecule has 0 saturated heterocycles. The minimum Gasteiger partial charge on any atom is -0.336 e. The molecule has 0 unspecified atom stereocenters. The second kappa shape index (κ2) is 8.73. The van der Waals surface area contributed by atoms with E-state index in [-0.39, 0.29) is 17.3 Å². The van der Waals surface area contributed by atoms with Crippen LogP contribution in [0, 0.1) is 6.92 Å². The van der Waals surface area contributed by atoms with E-state index in [2.05, 4.69) is 6.07 Å². The third-order valence-electron chi connectivity index (χ3n) is 5.60. The Bertz CT molecular complexity index is 1210. The number of amides is 1. The molecule has 1 aliphatic heterocycles. The Kier molecular flexibility index (Phi) is 6.03. The van der Waals surface area contributed by atoms with Crippen molar-refractivity contribution in [2.24, 2.45) is 0 Å². The molecule has 0 bridgehead atoms. The predicted octanol–water partition coefficient (Wildman–Crippen LogP) is 4.43. The number of hydrogen-bond acceptors (Lipinski definition) is 3. The molecule has 0 saturated carbocycles. The summed E-state index contributed by atoms with van der Waals surface area (Å²) in [5, 5.41) is 0.449. The molecule has 4 rings (SSSR count). The number of rotatable bonds is 5. The molecule has 0 spiro atoms. The molecule has 0 aromatic heterocycles. The van der Waals surface area contributed by atoms with Crippen molar-refractivity contribution in [3.05, 3.63) is 94.5 Å². The lowest BCUT2D eigenvalue weighted by Crippen LogP contribution is -2.45. The Morgan fingerprint density at radius 3 is 2.39 bits per heavy atom. The van der Waals surface area contributed by atoms with E-state index in [0.717, 1.165) is 12.0 Å². The fraction of sp³-hybridized carbons (Fsp3) is 0.208. The molecule has 0 radical (unpaired) electrons. The van der Waals surface area contributed by atoms with Gasteiger partial charge >= 0.3 is 0 Å². The van der Waals surface area contributed by atoms with Gasteiger partial charge in [0.05, 0.1) is 10.6 Å². The number of carbonyl (C=O) groups is 1. The van der Waals surface area contributed by atoms with Gasteiger partial charge in [0.25, 0.3) is 10.0 Å². The van der Waals surface area contributed by atoms with Gasteiger partial charge in [-0.15, -0.1) is 0 Å². The summed E-state index contributed by atoms with van der Waals surface area (Å²) in [6.45, 7) is 2.50. The predicted molar refractivity (Wildman–Crippen MR) is 123 cm³/mol. The average molecular weight is 455 g/mol. The van der Waals surface area contributed by atoms with Crippen LogP contribution in [0.25, 0.3) is 0 Å². The summed E-state index contributed by atoms with van der Waals surface area (Å²) in [4.78, 5) is 15.1. The molecule has 3 aromatic rings. The molecule has 1 heterocycles. The Morgan fingerprint density at radius 1 is 0.968 bits per heavy atom. The van der Waals surface area contributed by atoms with Crippen molar-refractivity contribution in [1.29, 1.82) is 0 Å². The van der Waals surface area contributed by atoms with Crippen molar-refractivity contribution in [3.63, 3.8) is 0 Å². The summed E-state index contributed by atoms with van der Waals surface area (Å²) >= 11 is 6.28. The van der Waals surface area contributed by atoms with Gasteiger partial charge in [0, 0.05) is 18.1 Å². The SMILES string of the molecule is Cc1c(Cl)cccc1N(CC(=O)N1CCc2ccccc2C1)S(=O)(=O)c1ccccc1. The molecule has 1 aliphatic rings. The topological polar surface area (TPSA) is 57.7 Å². The van der Waals surface area contributed by atoms with Gasteiger partial charge in [-0.3, -0.25) is 9.10 Å². The quantitative estimate of drug-likeness (QED) is 0.573. The highest BCUT2D eigenvalue weighted by atomic mass is 35.5. The Balaban J connectivity index is 1.69. The molecule has 0 atom stereocenters. The van der Waals surface area contributed by atoms with Crippen LogP contribution < -0.4 is 4.31 Å². The maximum absolute atomic E-state index is 13.5. The van der Waals surface area contributed by atoms with Crippen molar-refractivity contribution in [1.82, 2.24) is 4.90 Å². The molecule has 31 heavy (non-hydrogen) atoms. The second-order valence-electron chi connectivity index (χ2n) is 7.54. The summed E-state index contributed by atoms with van der Waals surface area (Å²) < 4.78 is 28.2. The average Bonchev–Trinajstić information content (AvgIpc) is 2.79. The van der Waals surface area contributed by atoms with E-state index in [1.807, 2.05) is 18.2 Å².